The Bertz CT molecular complexity index is 338. The van der Waals surface area contributed by atoms with Gasteiger partial charge in [0.05, 0.1) is 6.54 Å². The molecule has 5 heteroatoms. The van der Waals surface area contributed by atoms with Gasteiger partial charge in [0.1, 0.15) is 12.1 Å². The van der Waals surface area contributed by atoms with Crippen molar-refractivity contribution in [1.82, 2.24) is 10.6 Å². The maximum atomic E-state index is 12.5. The number of hydrogen-bond donors (Lipinski definition) is 2. The number of nitrogens with one attached hydrogen (secondary N) is 2. The fraction of sp³-hybridized carbons (Fsp3) is 0.200. The van der Waals surface area contributed by atoms with E-state index in [9.17, 15) is 14.0 Å². The number of aldehydes is 1. The highest BCUT2D eigenvalue weighted by Gasteiger charge is 1.98. The Morgan fingerprint density at radius 2 is 1.93 bits per heavy atom. The second kappa shape index (κ2) is 5.74. The Hall–Kier alpha value is -1.91. The first-order valence-corrected chi connectivity index (χ1v) is 4.42. The van der Waals surface area contributed by atoms with Gasteiger partial charge in [0.2, 0.25) is 0 Å². The number of benzene rings is 1. The summed E-state index contributed by atoms with van der Waals surface area (Å²) in [5.74, 6) is -0.316. The Morgan fingerprint density at radius 3 is 2.53 bits per heavy atom. The third-order valence-corrected chi connectivity index (χ3v) is 1.71. The topological polar surface area (TPSA) is 58.2 Å². The summed E-state index contributed by atoms with van der Waals surface area (Å²) in [4.78, 5) is 20.9. The van der Waals surface area contributed by atoms with Gasteiger partial charge in [-0.3, -0.25) is 0 Å². The second-order valence-electron chi connectivity index (χ2n) is 2.86. The van der Waals surface area contributed by atoms with Crippen molar-refractivity contribution in [3.8, 4) is 0 Å². The number of urea groups is 1. The highest BCUT2D eigenvalue weighted by molar-refractivity contribution is 5.76. The predicted octanol–water partition coefficient (Wildman–Crippen LogP) is 0.824. The molecule has 0 aliphatic rings. The van der Waals surface area contributed by atoms with Crippen LogP contribution >= 0.6 is 0 Å². The van der Waals surface area contributed by atoms with Gasteiger partial charge < -0.3 is 15.4 Å². The Kier molecular flexibility index (Phi) is 4.28. The van der Waals surface area contributed by atoms with Gasteiger partial charge in [-0.05, 0) is 17.7 Å². The van der Waals surface area contributed by atoms with Gasteiger partial charge in [-0.15, -0.1) is 0 Å². The molecule has 2 N–H and O–H groups in total. The molecule has 1 aromatic carbocycles. The highest BCUT2D eigenvalue weighted by Crippen LogP contribution is 2.01. The summed E-state index contributed by atoms with van der Waals surface area (Å²) in [5.41, 5.74) is 0.789. The molecular formula is C10H11FN2O2. The number of amides is 2. The maximum Gasteiger partial charge on any atom is 0.315 e. The molecule has 0 atom stereocenters. The summed E-state index contributed by atoms with van der Waals surface area (Å²) in [5, 5.41) is 4.84. The van der Waals surface area contributed by atoms with E-state index in [0.29, 0.717) is 12.8 Å². The molecule has 0 radical (unpaired) electrons. The lowest BCUT2D eigenvalue weighted by Gasteiger charge is -2.05. The third kappa shape index (κ3) is 4.21. The number of carbonyl (C=O) groups excluding carboxylic acids is 2. The number of rotatable bonds is 4. The van der Waals surface area contributed by atoms with E-state index >= 15 is 0 Å². The molecule has 0 saturated heterocycles. The van der Waals surface area contributed by atoms with Crippen LogP contribution in [0, 0.1) is 5.82 Å². The Balaban J connectivity index is 2.33. The molecule has 0 aliphatic carbocycles. The standard InChI is InChI=1S/C10H11FN2O2/c11-9-3-1-8(2-4-9)7-13-10(15)12-5-6-14/h1-4,6H,5,7H2,(H2,12,13,15). The first kappa shape index (κ1) is 11.2. The van der Waals surface area contributed by atoms with Crippen LogP contribution in [0.3, 0.4) is 0 Å². The van der Waals surface area contributed by atoms with Crippen molar-refractivity contribution in [1.29, 1.82) is 0 Å². The lowest BCUT2D eigenvalue weighted by atomic mass is 10.2. The van der Waals surface area contributed by atoms with E-state index in [1.807, 2.05) is 0 Å². The van der Waals surface area contributed by atoms with Gasteiger partial charge in [-0.2, -0.15) is 0 Å². The van der Waals surface area contributed by atoms with Crippen molar-refractivity contribution >= 4 is 12.3 Å². The molecule has 0 saturated carbocycles. The molecule has 0 bridgehead atoms. The van der Waals surface area contributed by atoms with E-state index in [0.717, 1.165) is 5.56 Å². The zero-order valence-electron chi connectivity index (χ0n) is 8.00. The molecule has 0 unspecified atom stereocenters. The molecule has 0 heterocycles. The minimum Gasteiger partial charge on any atom is -0.334 e. The van der Waals surface area contributed by atoms with E-state index in [2.05, 4.69) is 10.6 Å². The quantitative estimate of drug-likeness (QED) is 0.723. The average Bonchev–Trinajstić information content (AvgIpc) is 2.25. The smallest absolute Gasteiger partial charge is 0.315 e. The van der Waals surface area contributed by atoms with Crippen molar-refractivity contribution in [2.45, 2.75) is 6.54 Å². The van der Waals surface area contributed by atoms with Crippen molar-refractivity contribution in [3.05, 3.63) is 35.6 Å². The maximum absolute atomic E-state index is 12.5. The third-order valence-electron chi connectivity index (χ3n) is 1.71. The molecule has 15 heavy (non-hydrogen) atoms. The van der Waals surface area contributed by atoms with Crippen LogP contribution in [0.2, 0.25) is 0 Å². The monoisotopic (exact) mass is 210 g/mol. The van der Waals surface area contributed by atoms with Crippen LogP contribution in [0.5, 0.6) is 0 Å². The zero-order chi connectivity index (χ0) is 11.1. The first-order chi connectivity index (χ1) is 7.22. The van der Waals surface area contributed by atoms with Gasteiger partial charge in [0.25, 0.3) is 0 Å². The molecule has 4 nitrogen and oxygen atoms in total. The van der Waals surface area contributed by atoms with Gasteiger partial charge in [-0.25, -0.2) is 9.18 Å². The van der Waals surface area contributed by atoms with Crippen LogP contribution in [-0.2, 0) is 11.3 Å². The van der Waals surface area contributed by atoms with Gasteiger partial charge in [0.15, 0.2) is 0 Å². The lowest BCUT2D eigenvalue weighted by molar-refractivity contribution is -0.107. The fourth-order valence-corrected chi connectivity index (χ4v) is 0.981. The fourth-order valence-electron chi connectivity index (χ4n) is 0.981. The van der Waals surface area contributed by atoms with Crippen molar-refractivity contribution in [2.24, 2.45) is 0 Å². The van der Waals surface area contributed by atoms with Crippen LogP contribution in [-0.4, -0.2) is 18.9 Å². The average molecular weight is 210 g/mol. The molecule has 2 amide bonds. The van der Waals surface area contributed by atoms with E-state index in [4.69, 9.17) is 0 Å². The second-order valence-corrected chi connectivity index (χ2v) is 2.86. The largest absolute Gasteiger partial charge is 0.334 e. The molecular weight excluding hydrogens is 199 g/mol. The number of halogens is 1. The van der Waals surface area contributed by atoms with E-state index < -0.39 is 6.03 Å². The SMILES string of the molecule is O=CCNC(=O)NCc1ccc(F)cc1. The zero-order valence-corrected chi connectivity index (χ0v) is 8.00. The van der Waals surface area contributed by atoms with Crippen LogP contribution < -0.4 is 10.6 Å². The molecule has 0 spiro atoms. The van der Waals surface area contributed by atoms with Crippen LogP contribution in [0.1, 0.15) is 5.56 Å². The normalized spacial score (nSPS) is 9.40. The van der Waals surface area contributed by atoms with E-state index in [-0.39, 0.29) is 12.4 Å². The van der Waals surface area contributed by atoms with Crippen molar-refractivity contribution in [3.63, 3.8) is 0 Å². The summed E-state index contributed by atoms with van der Waals surface area (Å²) < 4.78 is 12.5. The van der Waals surface area contributed by atoms with Gasteiger partial charge in [0, 0.05) is 6.54 Å². The first-order valence-electron chi connectivity index (χ1n) is 4.42. The van der Waals surface area contributed by atoms with E-state index in [1.54, 1.807) is 12.1 Å². The molecule has 0 aliphatic heterocycles. The van der Waals surface area contributed by atoms with Crippen LogP contribution in [0.25, 0.3) is 0 Å². The van der Waals surface area contributed by atoms with Crippen LogP contribution in [0.15, 0.2) is 24.3 Å². The van der Waals surface area contributed by atoms with Gasteiger partial charge in [-0.1, -0.05) is 12.1 Å². The molecule has 0 aromatic heterocycles. The number of hydrogen-bond acceptors (Lipinski definition) is 2. The van der Waals surface area contributed by atoms with E-state index in [1.165, 1.54) is 12.1 Å². The number of carbonyl (C=O) groups is 2. The van der Waals surface area contributed by atoms with Crippen molar-refractivity contribution < 1.29 is 14.0 Å². The molecule has 1 rings (SSSR count). The minimum atomic E-state index is -0.425. The predicted molar refractivity (Wildman–Crippen MR) is 52.7 cm³/mol. The van der Waals surface area contributed by atoms with Crippen LogP contribution in [0.4, 0.5) is 9.18 Å². The van der Waals surface area contributed by atoms with Crippen molar-refractivity contribution in [2.75, 3.05) is 6.54 Å². The summed E-state index contributed by atoms with van der Waals surface area (Å²) in [6, 6.07) is 5.37. The summed E-state index contributed by atoms with van der Waals surface area (Å²) in [6.07, 6.45) is 0.595. The van der Waals surface area contributed by atoms with Gasteiger partial charge >= 0.3 is 6.03 Å². The Labute approximate surface area is 86.5 Å². The minimum absolute atomic E-state index is 0.0186. The lowest BCUT2D eigenvalue weighted by Crippen LogP contribution is -2.35. The molecule has 1 aromatic rings. The Morgan fingerprint density at radius 1 is 1.27 bits per heavy atom. The highest BCUT2D eigenvalue weighted by atomic mass is 19.1. The summed E-state index contributed by atoms with van der Waals surface area (Å²) in [6.45, 7) is 0.278. The molecule has 80 valence electrons. The molecule has 0 fully saturated rings. The summed E-state index contributed by atoms with van der Waals surface area (Å²) >= 11 is 0. The summed E-state index contributed by atoms with van der Waals surface area (Å²) in [7, 11) is 0.